The van der Waals surface area contributed by atoms with Crippen LogP contribution in [-0.2, 0) is 4.74 Å². The van der Waals surface area contributed by atoms with Gasteiger partial charge >= 0.3 is 5.97 Å². The van der Waals surface area contributed by atoms with Crippen molar-refractivity contribution in [2.75, 3.05) is 11.9 Å². The fourth-order valence-electron chi connectivity index (χ4n) is 2.05. The molecule has 7 heteroatoms. The number of nitrogens with one attached hydrogen (secondary N) is 1. The van der Waals surface area contributed by atoms with Gasteiger partial charge in [-0.15, -0.1) is 0 Å². The first kappa shape index (κ1) is 18.1. The predicted molar refractivity (Wildman–Crippen MR) is 92.7 cm³/mol. The Morgan fingerprint density at radius 2 is 1.84 bits per heavy atom. The lowest BCUT2D eigenvalue weighted by Gasteiger charge is -2.08. The first-order valence-electron chi connectivity index (χ1n) is 7.84. The number of nitro groups is 1. The van der Waals surface area contributed by atoms with Crippen molar-refractivity contribution < 1.29 is 19.2 Å². The fourth-order valence-corrected chi connectivity index (χ4v) is 2.05. The van der Waals surface area contributed by atoms with Gasteiger partial charge < -0.3 is 10.1 Å². The molecule has 0 aliphatic heterocycles. The average molecular weight is 342 g/mol. The lowest BCUT2D eigenvalue weighted by atomic mass is 10.1. The summed E-state index contributed by atoms with van der Waals surface area (Å²) in [4.78, 5) is 34.2. The second-order valence-corrected chi connectivity index (χ2v) is 5.33. The van der Waals surface area contributed by atoms with Crippen molar-refractivity contribution in [3.05, 3.63) is 69.8 Å². The van der Waals surface area contributed by atoms with E-state index < -0.39 is 16.8 Å². The van der Waals surface area contributed by atoms with Gasteiger partial charge in [-0.05, 0) is 36.8 Å². The number of esters is 1. The molecule has 2 rings (SSSR count). The summed E-state index contributed by atoms with van der Waals surface area (Å²) in [7, 11) is 0. The van der Waals surface area contributed by atoms with Gasteiger partial charge in [-0.2, -0.15) is 0 Å². The Bertz CT molecular complexity index is 771. The number of carbonyl (C=O) groups is 2. The Balaban J connectivity index is 2.04. The molecule has 25 heavy (non-hydrogen) atoms. The molecule has 1 amide bonds. The molecule has 0 aliphatic carbocycles. The van der Waals surface area contributed by atoms with Crippen molar-refractivity contribution >= 4 is 23.3 Å². The monoisotopic (exact) mass is 342 g/mol. The number of nitro benzene ring substituents is 1. The van der Waals surface area contributed by atoms with E-state index in [0.717, 1.165) is 12.8 Å². The fraction of sp³-hybridized carbons (Fsp3) is 0.222. The topological polar surface area (TPSA) is 98.5 Å². The molecule has 0 unspecified atom stereocenters. The maximum absolute atomic E-state index is 12.2. The summed E-state index contributed by atoms with van der Waals surface area (Å²) in [5.41, 5.74) is 0.973. The van der Waals surface area contributed by atoms with Crippen LogP contribution >= 0.6 is 0 Å². The summed E-state index contributed by atoms with van der Waals surface area (Å²) in [6.07, 6.45) is 1.72. The van der Waals surface area contributed by atoms with Gasteiger partial charge in [0.1, 0.15) is 0 Å². The zero-order valence-corrected chi connectivity index (χ0v) is 13.7. The van der Waals surface area contributed by atoms with E-state index in [0.29, 0.717) is 17.9 Å². The van der Waals surface area contributed by atoms with Crippen molar-refractivity contribution in [3.8, 4) is 0 Å². The van der Waals surface area contributed by atoms with Gasteiger partial charge in [0.15, 0.2) is 0 Å². The number of nitrogens with zero attached hydrogens (tertiary/aromatic N) is 1. The molecular formula is C18H18N2O5. The van der Waals surface area contributed by atoms with Gasteiger partial charge in [0, 0.05) is 23.4 Å². The standard InChI is InChI=1S/C18H18N2O5/c1-2-3-11-25-18(22)14-5-4-6-15(12-14)19-17(21)13-7-9-16(10-8-13)20(23)24/h4-10,12H,2-3,11H2,1H3,(H,19,21). The van der Waals surface area contributed by atoms with Crippen LogP contribution in [0.5, 0.6) is 0 Å². The van der Waals surface area contributed by atoms with Crippen LogP contribution in [0, 0.1) is 10.1 Å². The van der Waals surface area contributed by atoms with Crippen molar-refractivity contribution in [1.82, 2.24) is 0 Å². The summed E-state index contributed by atoms with van der Waals surface area (Å²) in [6, 6.07) is 11.7. The van der Waals surface area contributed by atoms with E-state index in [4.69, 9.17) is 4.74 Å². The van der Waals surface area contributed by atoms with Crippen LogP contribution in [0.25, 0.3) is 0 Å². The molecule has 0 atom stereocenters. The number of hydrogen-bond acceptors (Lipinski definition) is 5. The van der Waals surface area contributed by atoms with Crippen molar-refractivity contribution in [1.29, 1.82) is 0 Å². The Morgan fingerprint density at radius 3 is 2.48 bits per heavy atom. The average Bonchev–Trinajstić information content (AvgIpc) is 2.62. The maximum Gasteiger partial charge on any atom is 0.338 e. The number of amides is 1. The second-order valence-electron chi connectivity index (χ2n) is 5.33. The van der Waals surface area contributed by atoms with E-state index in [1.165, 1.54) is 30.3 Å². The minimum Gasteiger partial charge on any atom is -0.462 e. The molecule has 0 aromatic heterocycles. The van der Waals surface area contributed by atoms with Crippen LogP contribution in [0.3, 0.4) is 0 Å². The van der Waals surface area contributed by atoms with Crippen molar-refractivity contribution in [2.45, 2.75) is 19.8 Å². The molecule has 0 saturated carbocycles. The molecule has 0 radical (unpaired) electrons. The van der Waals surface area contributed by atoms with Gasteiger partial charge in [0.25, 0.3) is 11.6 Å². The molecule has 130 valence electrons. The minimum atomic E-state index is -0.532. The normalized spacial score (nSPS) is 10.1. The van der Waals surface area contributed by atoms with Crippen LogP contribution in [0.2, 0.25) is 0 Å². The highest BCUT2D eigenvalue weighted by Gasteiger charge is 2.12. The highest BCUT2D eigenvalue weighted by atomic mass is 16.6. The van der Waals surface area contributed by atoms with Gasteiger partial charge in [-0.3, -0.25) is 14.9 Å². The van der Waals surface area contributed by atoms with Gasteiger partial charge in [-0.1, -0.05) is 19.4 Å². The molecular weight excluding hydrogens is 324 g/mol. The number of carbonyl (C=O) groups excluding carboxylic acids is 2. The zero-order valence-electron chi connectivity index (χ0n) is 13.7. The number of ether oxygens (including phenoxy) is 1. The van der Waals surface area contributed by atoms with Gasteiger partial charge in [0.2, 0.25) is 0 Å². The predicted octanol–water partition coefficient (Wildman–Crippen LogP) is 3.80. The lowest BCUT2D eigenvalue weighted by Crippen LogP contribution is -2.13. The molecule has 7 nitrogen and oxygen atoms in total. The third kappa shape index (κ3) is 5.13. The molecule has 0 aliphatic rings. The highest BCUT2D eigenvalue weighted by molar-refractivity contribution is 6.05. The van der Waals surface area contributed by atoms with Gasteiger partial charge in [0.05, 0.1) is 17.1 Å². The Morgan fingerprint density at radius 1 is 1.12 bits per heavy atom. The molecule has 0 spiro atoms. The molecule has 2 aromatic carbocycles. The second kappa shape index (κ2) is 8.58. The number of rotatable bonds is 7. The molecule has 2 aromatic rings. The third-order valence-electron chi connectivity index (χ3n) is 3.43. The Hall–Kier alpha value is -3.22. The van der Waals surface area contributed by atoms with E-state index in [-0.39, 0.29) is 11.3 Å². The number of hydrogen-bond donors (Lipinski definition) is 1. The number of anilines is 1. The Kier molecular flexibility index (Phi) is 6.22. The number of non-ortho nitro benzene ring substituents is 1. The first-order chi connectivity index (χ1) is 12.0. The van der Waals surface area contributed by atoms with E-state index in [2.05, 4.69) is 5.32 Å². The summed E-state index contributed by atoms with van der Waals surface area (Å²) in [5.74, 6) is -0.869. The molecule has 0 heterocycles. The van der Waals surface area contributed by atoms with Crippen LogP contribution in [-0.4, -0.2) is 23.4 Å². The summed E-state index contributed by atoms with van der Waals surface area (Å²) < 4.78 is 5.13. The first-order valence-corrected chi connectivity index (χ1v) is 7.84. The highest BCUT2D eigenvalue weighted by Crippen LogP contribution is 2.16. The van der Waals surface area contributed by atoms with Crippen LogP contribution in [0.4, 0.5) is 11.4 Å². The van der Waals surface area contributed by atoms with E-state index >= 15 is 0 Å². The number of unbranched alkanes of at least 4 members (excludes halogenated alkanes) is 1. The van der Waals surface area contributed by atoms with E-state index in [1.54, 1.807) is 18.2 Å². The maximum atomic E-state index is 12.2. The van der Waals surface area contributed by atoms with Crippen molar-refractivity contribution in [2.24, 2.45) is 0 Å². The van der Waals surface area contributed by atoms with Crippen LogP contribution < -0.4 is 5.32 Å². The minimum absolute atomic E-state index is 0.0895. The smallest absolute Gasteiger partial charge is 0.338 e. The largest absolute Gasteiger partial charge is 0.462 e. The lowest BCUT2D eigenvalue weighted by molar-refractivity contribution is -0.384. The SMILES string of the molecule is CCCCOC(=O)c1cccc(NC(=O)c2ccc([N+](=O)[O-])cc2)c1. The van der Waals surface area contributed by atoms with E-state index in [1.807, 2.05) is 6.92 Å². The summed E-state index contributed by atoms with van der Waals surface area (Å²) >= 11 is 0. The third-order valence-corrected chi connectivity index (χ3v) is 3.43. The van der Waals surface area contributed by atoms with E-state index in [9.17, 15) is 19.7 Å². The van der Waals surface area contributed by atoms with Crippen LogP contribution in [0.1, 0.15) is 40.5 Å². The Labute approximate surface area is 144 Å². The molecule has 0 saturated heterocycles. The number of benzene rings is 2. The molecule has 0 bridgehead atoms. The van der Waals surface area contributed by atoms with Crippen LogP contribution in [0.15, 0.2) is 48.5 Å². The quantitative estimate of drug-likeness (QED) is 0.357. The molecule has 1 N–H and O–H groups in total. The summed E-state index contributed by atoms with van der Waals surface area (Å²) in [5, 5.41) is 13.3. The van der Waals surface area contributed by atoms with Gasteiger partial charge in [-0.25, -0.2) is 4.79 Å². The van der Waals surface area contributed by atoms with Crippen molar-refractivity contribution in [3.63, 3.8) is 0 Å². The zero-order chi connectivity index (χ0) is 18.2. The molecule has 0 fully saturated rings. The summed E-state index contributed by atoms with van der Waals surface area (Å²) in [6.45, 7) is 2.36.